The van der Waals surface area contributed by atoms with Gasteiger partial charge < -0.3 is 9.67 Å². The molecule has 2 aromatic heterocycles. The van der Waals surface area contributed by atoms with Gasteiger partial charge >= 0.3 is 5.97 Å². The van der Waals surface area contributed by atoms with Gasteiger partial charge in [0.2, 0.25) is 0 Å². The van der Waals surface area contributed by atoms with E-state index in [1.54, 1.807) is 17.7 Å². The highest BCUT2D eigenvalue weighted by Gasteiger charge is 2.22. The molecule has 0 saturated heterocycles. The molecule has 0 spiro atoms. The van der Waals surface area contributed by atoms with Gasteiger partial charge in [-0.25, -0.2) is 4.79 Å². The molecule has 0 aliphatic carbocycles. The van der Waals surface area contributed by atoms with Gasteiger partial charge in [0.05, 0.1) is 11.7 Å². The maximum Gasteiger partial charge on any atom is 0.352 e. The number of nitrogens with zero attached hydrogens (tertiary/aromatic N) is 3. The minimum atomic E-state index is -0.990. The summed E-state index contributed by atoms with van der Waals surface area (Å²) in [5.74, 6) is -0.990. The van der Waals surface area contributed by atoms with E-state index in [0.717, 1.165) is 5.56 Å². The van der Waals surface area contributed by atoms with Crippen LogP contribution in [0.25, 0.3) is 10.9 Å². The number of benzene rings is 1. The molecule has 0 saturated carbocycles. The second-order valence-corrected chi connectivity index (χ2v) is 5.11. The van der Waals surface area contributed by atoms with Crippen molar-refractivity contribution in [3.05, 3.63) is 58.5 Å². The Morgan fingerprint density at radius 1 is 1.33 bits per heavy atom. The van der Waals surface area contributed by atoms with Crippen molar-refractivity contribution in [3.8, 4) is 0 Å². The molecule has 0 amide bonds. The van der Waals surface area contributed by atoms with Crippen LogP contribution in [0.5, 0.6) is 0 Å². The summed E-state index contributed by atoms with van der Waals surface area (Å²) in [5.41, 5.74) is 2.45. The first-order chi connectivity index (χ1) is 10.1. The van der Waals surface area contributed by atoms with Crippen molar-refractivity contribution in [1.29, 1.82) is 0 Å². The average molecular weight is 302 g/mol. The van der Waals surface area contributed by atoms with Crippen LogP contribution in [-0.4, -0.2) is 25.8 Å². The number of carboxylic acids is 1. The summed E-state index contributed by atoms with van der Waals surface area (Å²) < 4.78 is 1.68. The third-order valence-electron chi connectivity index (χ3n) is 3.47. The first kappa shape index (κ1) is 13.6. The fourth-order valence-electron chi connectivity index (χ4n) is 2.53. The zero-order valence-corrected chi connectivity index (χ0v) is 12.0. The van der Waals surface area contributed by atoms with Crippen molar-refractivity contribution in [3.63, 3.8) is 0 Å². The molecule has 3 rings (SSSR count). The highest BCUT2D eigenvalue weighted by atomic mass is 35.5. The van der Waals surface area contributed by atoms with Gasteiger partial charge in [-0.1, -0.05) is 41.9 Å². The molecule has 21 heavy (non-hydrogen) atoms. The van der Waals surface area contributed by atoms with Gasteiger partial charge in [0.25, 0.3) is 0 Å². The van der Waals surface area contributed by atoms with Crippen molar-refractivity contribution >= 4 is 28.5 Å². The highest BCUT2D eigenvalue weighted by molar-refractivity contribution is 6.34. The van der Waals surface area contributed by atoms with Gasteiger partial charge in [0.1, 0.15) is 5.69 Å². The summed E-state index contributed by atoms with van der Waals surface area (Å²) in [4.78, 5) is 11.6. The number of rotatable bonds is 3. The van der Waals surface area contributed by atoms with Gasteiger partial charge in [-0.3, -0.25) is 0 Å². The van der Waals surface area contributed by atoms with E-state index in [4.69, 9.17) is 11.6 Å². The first-order valence-corrected chi connectivity index (χ1v) is 6.74. The zero-order valence-electron chi connectivity index (χ0n) is 11.2. The lowest BCUT2D eigenvalue weighted by Gasteiger charge is -2.09. The molecule has 1 N–H and O–H groups in total. The van der Waals surface area contributed by atoms with Crippen LogP contribution >= 0.6 is 11.6 Å². The van der Waals surface area contributed by atoms with E-state index in [-0.39, 0.29) is 10.8 Å². The lowest BCUT2D eigenvalue weighted by Crippen LogP contribution is -2.10. The van der Waals surface area contributed by atoms with E-state index in [1.165, 1.54) is 0 Å². The lowest BCUT2D eigenvalue weighted by atomic mass is 10.2. The van der Waals surface area contributed by atoms with Gasteiger partial charge in [-0.15, -0.1) is 5.10 Å². The van der Waals surface area contributed by atoms with E-state index >= 15 is 0 Å². The Kier molecular flexibility index (Phi) is 3.35. The maximum atomic E-state index is 11.6. The van der Waals surface area contributed by atoms with E-state index in [9.17, 15) is 9.90 Å². The van der Waals surface area contributed by atoms with Crippen molar-refractivity contribution in [2.24, 2.45) is 0 Å². The Balaban J connectivity index is 2.29. The van der Waals surface area contributed by atoms with Crippen LogP contribution in [0.4, 0.5) is 0 Å². The van der Waals surface area contributed by atoms with Crippen LogP contribution in [0.1, 0.15) is 21.6 Å². The number of aryl methyl sites for hydroxylation is 1. The SMILES string of the molecule is Cc1c(C(=O)O)n(Cc2ccccc2)c2c(Cl)nncc12. The number of hydrogen-bond acceptors (Lipinski definition) is 3. The molecular formula is C15H12ClN3O2. The third-order valence-corrected chi connectivity index (χ3v) is 3.72. The molecule has 0 fully saturated rings. The van der Waals surface area contributed by atoms with Crippen LogP contribution < -0.4 is 0 Å². The highest BCUT2D eigenvalue weighted by Crippen LogP contribution is 2.29. The fraction of sp³-hybridized carbons (Fsp3) is 0.133. The van der Waals surface area contributed by atoms with Crippen molar-refractivity contribution in [2.45, 2.75) is 13.5 Å². The number of carboxylic acid groups (broad SMARTS) is 1. The Hall–Kier alpha value is -2.40. The summed E-state index contributed by atoms with van der Waals surface area (Å²) in [5, 5.41) is 18.1. The second-order valence-electron chi connectivity index (χ2n) is 4.75. The van der Waals surface area contributed by atoms with Gasteiger partial charge in [-0.05, 0) is 18.1 Å². The molecule has 0 unspecified atom stereocenters. The molecule has 0 bridgehead atoms. The normalized spacial score (nSPS) is 11.0. The Bertz CT molecular complexity index is 828. The molecule has 6 heteroatoms. The van der Waals surface area contributed by atoms with E-state index in [1.807, 2.05) is 30.3 Å². The smallest absolute Gasteiger partial charge is 0.352 e. The summed E-state index contributed by atoms with van der Waals surface area (Å²) in [6.45, 7) is 2.17. The monoisotopic (exact) mass is 301 g/mol. The molecule has 0 radical (unpaired) electrons. The van der Waals surface area contributed by atoms with Crippen LogP contribution in [0, 0.1) is 6.92 Å². The Morgan fingerprint density at radius 3 is 2.71 bits per heavy atom. The van der Waals surface area contributed by atoms with Gasteiger partial charge in [-0.2, -0.15) is 5.10 Å². The molecule has 0 aliphatic rings. The van der Waals surface area contributed by atoms with E-state index in [0.29, 0.717) is 23.0 Å². The first-order valence-electron chi connectivity index (χ1n) is 6.36. The molecule has 1 aromatic carbocycles. The zero-order chi connectivity index (χ0) is 15.0. The predicted molar refractivity (Wildman–Crippen MR) is 79.8 cm³/mol. The predicted octanol–water partition coefficient (Wildman–Crippen LogP) is 3.14. The standard InChI is InChI=1S/C15H12ClN3O2/c1-9-11-7-17-18-14(16)13(11)19(12(9)15(20)21)8-10-5-3-2-4-6-10/h2-7H,8H2,1H3,(H,20,21). The Labute approximate surface area is 125 Å². The summed E-state index contributed by atoms with van der Waals surface area (Å²) in [7, 11) is 0. The number of aromatic carboxylic acids is 1. The molecule has 106 valence electrons. The molecule has 5 nitrogen and oxygen atoms in total. The second kappa shape index (κ2) is 5.18. The van der Waals surface area contributed by atoms with Gasteiger partial charge in [0.15, 0.2) is 5.15 Å². The molecule has 0 atom stereocenters. The van der Waals surface area contributed by atoms with E-state index < -0.39 is 5.97 Å². The largest absolute Gasteiger partial charge is 0.477 e. The van der Waals surface area contributed by atoms with Crippen molar-refractivity contribution in [2.75, 3.05) is 0 Å². The number of halogens is 1. The number of hydrogen-bond donors (Lipinski definition) is 1. The quantitative estimate of drug-likeness (QED) is 0.807. The van der Waals surface area contributed by atoms with Crippen LogP contribution in [-0.2, 0) is 6.54 Å². The third kappa shape index (κ3) is 2.25. The maximum absolute atomic E-state index is 11.6. The molecule has 2 heterocycles. The average Bonchev–Trinajstić information content (AvgIpc) is 2.74. The van der Waals surface area contributed by atoms with Gasteiger partial charge in [0, 0.05) is 11.9 Å². The summed E-state index contributed by atoms with van der Waals surface area (Å²) >= 11 is 6.13. The minimum absolute atomic E-state index is 0.207. The summed E-state index contributed by atoms with van der Waals surface area (Å²) in [6, 6.07) is 9.62. The van der Waals surface area contributed by atoms with E-state index in [2.05, 4.69) is 10.2 Å². The number of carbonyl (C=O) groups is 1. The number of fused-ring (bicyclic) bond motifs is 1. The Morgan fingerprint density at radius 2 is 2.05 bits per heavy atom. The molecule has 0 aliphatic heterocycles. The minimum Gasteiger partial charge on any atom is -0.477 e. The van der Waals surface area contributed by atoms with Crippen molar-refractivity contribution < 1.29 is 9.90 Å². The van der Waals surface area contributed by atoms with Crippen molar-refractivity contribution in [1.82, 2.24) is 14.8 Å². The molecular weight excluding hydrogens is 290 g/mol. The van der Waals surface area contributed by atoms with Crippen LogP contribution in [0.2, 0.25) is 5.15 Å². The topological polar surface area (TPSA) is 68.0 Å². The summed E-state index contributed by atoms with van der Waals surface area (Å²) in [6.07, 6.45) is 1.55. The fourth-order valence-corrected chi connectivity index (χ4v) is 2.78. The lowest BCUT2D eigenvalue weighted by molar-refractivity contribution is 0.0685. The molecule has 3 aromatic rings. The van der Waals surface area contributed by atoms with Crippen LogP contribution in [0.3, 0.4) is 0 Å². The van der Waals surface area contributed by atoms with Crippen LogP contribution in [0.15, 0.2) is 36.5 Å². The number of aromatic nitrogens is 3.